The van der Waals surface area contributed by atoms with Crippen LogP contribution in [0.1, 0.15) is 29.7 Å². The average molecular weight is 191 g/mol. The Kier molecular flexibility index (Phi) is 1.66. The maximum atomic E-state index is 11.7. The molecule has 0 radical (unpaired) electrons. The van der Waals surface area contributed by atoms with Crippen LogP contribution in [0.2, 0.25) is 0 Å². The van der Waals surface area contributed by atoms with Gasteiger partial charge in [0.1, 0.15) is 5.75 Å². The van der Waals surface area contributed by atoms with Crippen molar-refractivity contribution in [2.24, 2.45) is 0 Å². The van der Waals surface area contributed by atoms with Gasteiger partial charge < -0.3 is 9.72 Å². The largest absolute Gasteiger partial charge is 0.493 e. The molecule has 0 saturated carbocycles. The van der Waals surface area contributed by atoms with Gasteiger partial charge in [0.05, 0.1) is 12.2 Å². The summed E-state index contributed by atoms with van der Waals surface area (Å²) in [7, 11) is 0. The van der Waals surface area contributed by atoms with Crippen molar-refractivity contribution >= 4 is 0 Å². The van der Waals surface area contributed by atoms with Crippen LogP contribution in [-0.2, 0) is 19.3 Å². The maximum Gasteiger partial charge on any atom is 0.255 e. The minimum atomic E-state index is 0.0698. The van der Waals surface area contributed by atoms with E-state index in [1.54, 1.807) is 0 Å². The number of fused-ring (bicyclic) bond motifs is 3. The topological polar surface area (TPSA) is 42.1 Å². The number of aryl methyl sites for hydroxylation is 1. The zero-order chi connectivity index (χ0) is 9.54. The van der Waals surface area contributed by atoms with Crippen LogP contribution in [0.5, 0.6) is 5.75 Å². The molecular weight excluding hydrogens is 178 g/mol. The summed E-state index contributed by atoms with van der Waals surface area (Å²) < 4.78 is 5.63. The molecule has 0 amide bonds. The summed E-state index contributed by atoms with van der Waals surface area (Å²) in [5.41, 5.74) is 3.31. The summed E-state index contributed by atoms with van der Waals surface area (Å²) in [5.74, 6) is 0.910. The monoisotopic (exact) mass is 191 g/mol. The van der Waals surface area contributed by atoms with Gasteiger partial charge in [0.15, 0.2) is 0 Å². The molecule has 2 heterocycles. The van der Waals surface area contributed by atoms with Gasteiger partial charge in [-0.15, -0.1) is 0 Å². The van der Waals surface area contributed by atoms with Crippen LogP contribution in [-0.4, -0.2) is 11.6 Å². The van der Waals surface area contributed by atoms with Gasteiger partial charge in [-0.1, -0.05) is 0 Å². The van der Waals surface area contributed by atoms with Crippen molar-refractivity contribution in [3.63, 3.8) is 0 Å². The first-order valence-corrected chi connectivity index (χ1v) is 5.26. The van der Waals surface area contributed by atoms with Crippen molar-refractivity contribution in [2.75, 3.05) is 6.61 Å². The Balaban J connectivity index is 2.28. The zero-order valence-corrected chi connectivity index (χ0v) is 8.06. The number of H-pyrrole nitrogens is 1. The predicted octanol–water partition coefficient (Wildman–Crippen LogP) is 1.19. The maximum absolute atomic E-state index is 11.7. The zero-order valence-electron chi connectivity index (χ0n) is 8.06. The number of hydrogen-bond donors (Lipinski definition) is 1. The fourth-order valence-corrected chi connectivity index (χ4v) is 2.45. The van der Waals surface area contributed by atoms with Gasteiger partial charge in [-0.2, -0.15) is 0 Å². The molecule has 0 aromatic carbocycles. The molecule has 0 bridgehead atoms. The molecule has 14 heavy (non-hydrogen) atoms. The Morgan fingerprint density at radius 1 is 1.07 bits per heavy atom. The molecule has 1 aromatic heterocycles. The van der Waals surface area contributed by atoms with Crippen molar-refractivity contribution in [2.45, 2.75) is 32.1 Å². The molecule has 1 N–H and O–H groups in total. The van der Waals surface area contributed by atoms with Crippen LogP contribution in [0.15, 0.2) is 4.79 Å². The Bertz CT molecular complexity index is 434. The summed E-state index contributed by atoms with van der Waals surface area (Å²) >= 11 is 0. The Hall–Kier alpha value is -1.25. The number of hydrogen-bond acceptors (Lipinski definition) is 2. The third kappa shape index (κ3) is 1.01. The van der Waals surface area contributed by atoms with Gasteiger partial charge in [0.2, 0.25) is 0 Å². The van der Waals surface area contributed by atoms with Crippen LogP contribution >= 0.6 is 0 Å². The molecule has 0 fully saturated rings. The highest BCUT2D eigenvalue weighted by atomic mass is 16.5. The second-order valence-corrected chi connectivity index (χ2v) is 4.02. The fraction of sp³-hybridized carbons (Fsp3) is 0.545. The first kappa shape index (κ1) is 8.09. The molecule has 3 nitrogen and oxygen atoms in total. The van der Waals surface area contributed by atoms with E-state index in [0.29, 0.717) is 0 Å². The highest BCUT2D eigenvalue weighted by molar-refractivity contribution is 5.45. The number of pyridine rings is 1. The second kappa shape index (κ2) is 2.87. The van der Waals surface area contributed by atoms with E-state index in [4.69, 9.17) is 4.74 Å². The highest BCUT2D eigenvalue weighted by Crippen LogP contribution is 2.32. The molecule has 0 atom stereocenters. The van der Waals surface area contributed by atoms with Crippen molar-refractivity contribution in [1.29, 1.82) is 0 Å². The highest BCUT2D eigenvalue weighted by Gasteiger charge is 2.24. The molecule has 0 saturated heterocycles. The summed E-state index contributed by atoms with van der Waals surface area (Å²) in [5, 5.41) is 0. The second-order valence-electron chi connectivity index (χ2n) is 4.02. The van der Waals surface area contributed by atoms with E-state index < -0.39 is 0 Å². The fourth-order valence-electron chi connectivity index (χ4n) is 2.45. The lowest BCUT2D eigenvalue weighted by atomic mass is 10.0. The van der Waals surface area contributed by atoms with Gasteiger partial charge in [-0.25, -0.2) is 0 Å². The molecule has 3 heteroatoms. The Labute approximate surface area is 82.1 Å². The van der Waals surface area contributed by atoms with Gasteiger partial charge >= 0.3 is 0 Å². The molecule has 0 unspecified atom stereocenters. The van der Waals surface area contributed by atoms with Crippen LogP contribution in [0.4, 0.5) is 0 Å². The number of nitrogens with one attached hydrogen (secondary N) is 1. The number of ether oxygens (including phenoxy) is 1. The third-order valence-corrected chi connectivity index (χ3v) is 3.12. The molecule has 1 aromatic rings. The van der Waals surface area contributed by atoms with Gasteiger partial charge in [0.25, 0.3) is 5.56 Å². The summed E-state index contributed by atoms with van der Waals surface area (Å²) in [6.07, 6.45) is 5.05. The van der Waals surface area contributed by atoms with E-state index in [-0.39, 0.29) is 5.56 Å². The smallest absolute Gasteiger partial charge is 0.255 e. The molecule has 1 aliphatic heterocycles. The first-order valence-electron chi connectivity index (χ1n) is 5.26. The molecule has 74 valence electrons. The minimum absolute atomic E-state index is 0.0698. The average Bonchev–Trinajstić information content (AvgIpc) is 2.66. The van der Waals surface area contributed by atoms with Gasteiger partial charge in [0, 0.05) is 11.3 Å². The normalized spacial score (nSPS) is 18.6. The lowest BCUT2D eigenvalue weighted by molar-refractivity contribution is 0.284. The van der Waals surface area contributed by atoms with Crippen LogP contribution in [0.3, 0.4) is 0 Å². The number of rotatable bonds is 0. The van der Waals surface area contributed by atoms with E-state index >= 15 is 0 Å². The van der Waals surface area contributed by atoms with Crippen molar-refractivity contribution in [1.82, 2.24) is 4.98 Å². The lowest BCUT2D eigenvalue weighted by Crippen LogP contribution is -2.22. The standard InChI is InChI=1S/C11H13NO2/c13-11-8-4-2-6-14-10(8)7-3-1-5-9(7)12-11/h1-6H2,(H,12,13). The van der Waals surface area contributed by atoms with Crippen molar-refractivity contribution < 1.29 is 4.74 Å². The Morgan fingerprint density at radius 3 is 2.86 bits per heavy atom. The van der Waals surface area contributed by atoms with E-state index in [9.17, 15) is 4.79 Å². The van der Waals surface area contributed by atoms with Crippen LogP contribution in [0, 0.1) is 0 Å². The number of aromatic nitrogens is 1. The van der Waals surface area contributed by atoms with E-state index in [2.05, 4.69) is 4.98 Å². The van der Waals surface area contributed by atoms with Gasteiger partial charge in [-0.3, -0.25) is 4.79 Å². The predicted molar refractivity (Wildman–Crippen MR) is 52.9 cm³/mol. The summed E-state index contributed by atoms with van der Waals surface area (Å²) in [6.45, 7) is 0.767. The van der Waals surface area contributed by atoms with Crippen molar-refractivity contribution in [3.05, 3.63) is 27.2 Å². The van der Waals surface area contributed by atoms with E-state index in [1.807, 2.05) is 0 Å². The number of aromatic amines is 1. The molecule has 2 aliphatic rings. The Morgan fingerprint density at radius 2 is 1.93 bits per heavy atom. The lowest BCUT2D eigenvalue weighted by Gasteiger charge is -2.19. The molecular formula is C11H13NO2. The van der Waals surface area contributed by atoms with Crippen molar-refractivity contribution in [3.8, 4) is 5.75 Å². The molecule has 1 aliphatic carbocycles. The SMILES string of the molecule is O=c1[nH]c2c(c3c1CCCO3)CCC2. The van der Waals surface area contributed by atoms with Crippen LogP contribution < -0.4 is 10.3 Å². The quantitative estimate of drug-likeness (QED) is 0.669. The molecule has 0 spiro atoms. The third-order valence-electron chi connectivity index (χ3n) is 3.12. The first-order chi connectivity index (χ1) is 6.86. The molecule has 3 rings (SSSR count). The summed E-state index contributed by atoms with van der Waals surface area (Å²) in [4.78, 5) is 14.7. The summed E-state index contributed by atoms with van der Waals surface area (Å²) in [6, 6.07) is 0. The minimum Gasteiger partial charge on any atom is -0.493 e. The van der Waals surface area contributed by atoms with E-state index in [1.165, 1.54) is 5.56 Å². The van der Waals surface area contributed by atoms with Crippen LogP contribution in [0.25, 0.3) is 0 Å². The van der Waals surface area contributed by atoms with E-state index in [0.717, 1.165) is 55.7 Å². The van der Waals surface area contributed by atoms with Gasteiger partial charge in [-0.05, 0) is 32.1 Å².